The van der Waals surface area contributed by atoms with Crippen LogP contribution in [0.1, 0.15) is 60.7 Å². The van der Waals surface area contributed by atoms with Crippen molar-refractivity contribution >= 4 is 40.2 Å². The van der Waals surface area contributed by atoms with E-state index in [0.717, 1.165) is 45.7 Å². The van der Waals surface area contributed by atoms with Crippen LogP contribution in [-0.2, 0) is 18.8 Å². The van der Waals surface area contributed by atoms with Gasteiger partial charge in [-0.25, -0.2) is 15.0 Å². The number of hydrogen-bond acceptors (Lipinski definition) is 7. The van der Waals surface area contributed by atoms with Crippen LogP contribution < -0.4 is 10.2 Å². The van der Waals surface area contributed by atoms with E-state index in [9.17, 15) is 18.3 Å². The maximum absolute atomic E-state index is 13.4. The highest BCUT2D eigenvalue weighted by atomic mass is 19.4. The minimum Gasteiger partial charge on any atom is -0.383 e. The molecule has 0 radical (unpaired) electrons. The summed E-state index contributed by atoms with van der Waals surface area (Å²) in [6.45, 7) is 8.27. The summed E-state index contributed by atoms with van der Waals surface area (Å²) in [6, 6.07) is 10.8. The van der Waals surface area contributed by atoms with E-state index in [2.05, 4.69) is 20.2 Å². The van der Waals surface area contributed by atoms with Gasteiger partial charge in [-0.15, -0.1) is 0 Å². The van der Waals surface area contributed by atoms with Crippen LogP contribution >= 0.6 is 0 Å². The van der Waals surface area contributed by atoms with Gasteiger partial charge in [-0.05, 0) is 69.2 Å². The van der Waals surface area contributed by atoms with Crippen molar-refractivity contribution in [1.82, 2.24) is 19.5 Å². The number of aliphatic imine (C=N–C) groups is 1. The number of hydrogen-bond donors (Lipinski definition) is 2. The number of aryl methyl sites for hydroxylation is 2. The zero-order chi connectivity index (χ0) is 29.3. The predicted octanol–water partition coefficient (Wildman–Crippen LogP) is 5.86. The molecule has 2 aromatic carbocycles. The molecule has 4 heterocycles. The van der Waals surface area contributed by atoms with E-state index in [-0.39, 0.29) is 0 Å². The number of rotatable bonds is 5. The summed E-state index contributed by atoms with van der Waals surface area (Å²) in [5.74, 6) is 3.15. The Hall–Kier alpha value is -4.25. The molecule has 2 N–H and O–H groups in total. The van der Waals surface area contributed by atoms with Crippen molar-refractivity contribution in [2.45, 2.75) is 45.5 Å². The third kappa shape index (κ3) is 4.73. The molecule has 11 heteroatoms. The lowest BCUT2D eigenvalue weighted by atomic mass is 9.97. The van der Waals surface area contributed by atoms with Gasteiger partial charge in [-0.1, -0.05) is 18.2 Å². The van der Waals surface area contributed by atoms with Crippen molar-refractivity contribution in [3.05, 3.63) is 76.4 Å². The number of aromatic nitrogens is 4. The molecule has 4 aromatic rings. The first-order valence-corrected chi connectivity index (χ1v) is 13.4. The third-order valence-corrected chi connectivity index (χ3v) is 7.47. The van der Waals surface area contributed by atoms with Crippen molar-refractivity contribution < 1.29 is 18.3 Å². The first kappa shape index (κ1) is 26.9. The van der Waals surface area contributed by atoms with Crippen molar-refractivity contribution in [3.8, 4) is 0 Å². The standard InChI is InChI=1S/C30H30F3N7O/c1-16(18-7-6-8-20(13-18)30(31,32)33)35-25-22-15-21(26-34-11-12-40(26)27(22)37-17(2)36-25)19-9-10-23-24(14-19)39(5)28(38-23)29(3,4)41/h6-10,13-16,41H,11-12H2,1-5H3,(H,35,36,37)/t16-/m1/s1. The quantitative estimate of drug-likeness (QED) is 0.317. The lowest BCUT2D eigenvalue weighted by molar-refractivity contribution is -0.137. The first-order chi connectivity index (χ1) is 19.3. The zero-order valence-electron chi connectivity index (χ0n) is 23.4. The van der Waals surface area contributed by atoms with Gasteiger partial charge >= 0.3 is 6.18 Å². The number of anilines is 2. The van der Waals surface area contributed by atoms with Gasteiger partial charge in [0.2, 0.25) is 0 Å². The number of halogens is 3. The minimum absolute atomic E-state index is 0.452. The second kappa shape index (κ2) is 9.41. The van der Waals surface area contributed by atoms with Crippen molar-refractivity contribution in [1.29, 1.82) is 0 Å². The fourth-order valence-corrected chi connectivity index (χ4v) is 5.50. The first-order valence-electron chi connectivity index (χ1n) is 13.4. The molecule has 1 atom stereocenters. The second-order valence-electron chi connectivity index (χ2n) is 11.0. The highest BCUT2D eigenvalue weighted by Crippen LogP contribution is 2.40. The number of nitrogens with zero attached hydrogens (tertiary/aromatic N) is 6. The van der Waals surface area contributed by atoms with Crippen molar-refractivity contribution in [3.63, 3.8) is 0 Å². The summed E-state index contributed by atoms with van der Waals surface area (Å²) in [7, 11) is 1.88. The van der Waals surface area contributed by atoms with Gasteiger partial charge in [-0.3, -0.25) is 4.99 Å². The predicted molar refractivity (Wildman–Crippen MR) is 154 cm³/mol. The number of imidazole rings is 1. The number of benzene rings is 2. The summed E-state index contributed by atoms with van der Waals surface area (Å²) in [5.41, 5.74) is 2.88. The van der Waals surface area contributed by atoms with Gasteiger partial charge in [0.15, 0.2) is 0 Å². The van der Waals surface area contributed by atoms with Crippen LogP contribution in [0.4, 0.5) is 24.8 Å². The van der Waals surface area contributed by atoms with Gasteiger partial charge in [0.05, 0.1) is 28.7 Å². The summed E-state index contributed by atoms with van der Waals surface area (Å²) >= 11 is 0. The van der Waals surface area contributed by atoms with E-state index in [0.29, 0.717) is 41.9 Å². The van der Waals surface area contributed by atoms with E-state index in [4.69, 9.17) is 9.98 Å². The topological polar surface area (TPSA) is 91.5 Å². The molecule has 0 fully saturated rings. The molecule has 2 aliphatic rings. The number of aliphatic hydroxyl groups is 1. The molecule has 0 spiro atoms. The second-order valence-corrected chi connectivity index (χ2v) is 11.0. The molecule has 41 heavy (non-hydrogen) atoms. The van der Waals surface area contributed by atoms with E-state index in [1.54, 1.807) is 26.8 Å². The smallest absolute Gasteiger partial charge is 0.383 e. The van der Waals surface area contributed by atoms with Gasteiger partial charge in [0, 0.05) is 25.2 Å². The molecule has 2 aromatic heterocycles. The molecular formula is C30H30F3N7O. The van der Waals surface area contributed by atoms with E-state index >= 15 is 0 Å². The molecule has 0 amide bonds. The van der Waals surface area contributed by atoms with Crippen molar-refractivity contribution in [2.75, 3.05) is 23.3 Å². The molecule has 0 aliphatic carbocycles. The molecule has 0 saturated heterocycles. The number of nitrogens with one attached hydrogen (secondary N) is 1. The maximum Gasteiger partial charge on any atom is 0.416 e. The SMILES string of the molecule is Cc1nc(N[C@H](C)c2cccc(C(F)(F)F)c2)c2c(n1)N1CCN=C1C(c1ccc3nc(C(C)(C)O)n(C)c3c1)=C2. The van der Waals surface area contributed by atoms with Gasteiger partial charge in [0.1, 0.15) is 34.7 Å². The van der Waals surface area contributed by atoms with Gasteiger partial charge in [-0.2, -0.15) is 13.2 Å². The molecule has 8 nitrogen and oxygen atoms in total. The van der Waals surface area contributed by atoms with Crippen LogP contribution in [0.25, 0.3) is 22.7 Å². The van der Waals surface area contributed by atoms with Crippen LogP contribution in [0.15, 0.2) is 47.5 Å². The Morgan fingerprint density at radius 2 is 1.83 bits per heavy atom. The Kier molecular flexibility index (Phi) is 6.18. The van der Waals surface area contributed by atoms with Crippen LogP contribution in [0.2, 0.25) is 0 Å². The molecule has 0 bridgehead atoms. The Morgan fingerprint density at radius 3 is 2.56 bits per heavy atom. The van der Waals surface area contributed by atoms with Crippen LogP contribution in [0.3, 0.4) is 0 Å². The average molecular weight is 562 g/mol. The Bertz CT molecular complexity index is 1750. The maximum atomic E-state index is 13.4. The van der Waals surface area contributed by atoms with E-state index in [1.807, 2.05) is 42.8 Å². The van der Waals surface area contributed by atoms with E-state index in [1.165, 1.54) is 6.07 Å². The number of amidine groups is 1. The summed E-state index contributed by atoms with van der Waals surface area (Å²) in [6.07, 6.45) is -2.43. The van der Waals surface area contributed by atoms with E-state index < -0.39 is 23.4 Å². The fraction of sp³-hybridized carbons (Fsp3) is 0.333. The summed E-state index contributed by atoms with van der Waals surface area (Å²) in [5, 5.41) is 13.9. The zero-order valence-corrected chi connectivity index (χ0v) is 23.4. The Labute approximate surface area is 235 Å². The van der Waals surface area contributed by atoms with Gasteiger partial charge < -0.3 is 19.9 Å². The fourth-order valence-electron chi connectivity index (χ4n) is 5.50. The lowest BCUT2D eigenvalue weighted by Gasteiger charge is -2.29. The van der Waals surface area contributed by atoms with Crippen molar-refractivity contribution in [2.24, 2.45) is 12.0 Å². The largest absolute Gasteiger partial charge is 0.416 e. The molecule has 0 saturated carbocycles. The Morgan fingerprint density at radius 1 is 1.05 bits per heavy atom. The molecule has 212 valence electrons. The monoisotopic (exact) mass is 561 g/mol. The molecule has 0 unspecified atom stereocenters. The normalized spacial score (nSPS) is 15.9. The summed E-state index contributed by atoms with van der Waals surface area (Å²) < 4.78 is 42.0. The third-order valence-electron chi connectivity index (χ3n) is 7.47. The van der Waals surface area contributed by atoms with Crippen LogP contribution in [0, 0.1) is 6.92 Å². The molecular weight excluding hydrogens is 531 g/mol. The highest BCUT2D eigenvalue weighted by Gasteiger charge is 2.34. The number of fused-ring (bicyclic) bond motifs is 4. The van der Waals surface area contributed by atoms with Crippen LogP contribution in [-0.4, -0.2) is 43.6 Å². The minimum atomic E-state index is -4.42. The number of alkyl halides is 3. The highest BCUT2D eigenvalue weighted by molar-refractivity contribution is 6.36. The lowest BCUT2D eigenvalue weighted by Crippen LogP contribution is -2.33. The Balaban J connectivity index is 1.44. The molecule has 6 rings (SSSR count). The summed E-state index contributed by atoms with van der Waals surface area (Å²) in [4.78, 5) is 20.9. The average Bonchev–Trinajstić information content (AvgIpc) is 3.53. The molecule has 2 aliphatic heterocycles. The van der Waals surface area contributed by atoms with Crippen LogP contribution in [0.5, 0.6) is 0 Å². The van der Waals surface area contributed by atoms with Gasteiger partial charge in [0.25, 0.3) is 0 Å².